The lowest BCUT2D eigenvalue weighted by Gasteiger charge is -2.49. The summed E-state index contributed by atoms with van der Waals surface area (Å²) in [7, 11) is 12.9. The van der Waals surface area contributed by atoms with Gasteiger partial charge in [0.15, 0.2) is 0 Å². The lowest BCUT2D eigenvalue weighted by Crippen LogP contribution is -2.58. The first kappa shape index (κ1) is 17.0. The highest BCUT2D eigenvalue weighted by atomic mass is 31.1. The fourth-order valence-electron chi connectivity index (χ4n) is 3.08. The fraction of sp³-hybridized carbons (Fsp3) is 0.929. The smallest absolute Gasteiger partial charge is 0.145 e. The number of rotatable bonds is 3. The normalized spacial score (nSPS) is 26.1. The van der Waals surface area contributed by atoms with Gasteiger partial charge in [0.05, 0.1) is 11.3 Å². The predicted molar refractivity (Wildman–Crippen MR) is 87.4 cm³/mol. The molecular weight excluding hydrogens is 255 g/mol. The monoisotopic (exact) mass is 286 g/mol. The van der Waals surface area contributed by atoms with Crippen LogP contribution in [-0.4, -0.2) is 79.6 Å². The molecule has 1 saturated heterocycles. The topological polar surface area (TPSA) is 22.1 Å². The van der Waals surface area contributed by atoms with E-state index in [1.807, 2.05) is 0 Å². The molecule has 0 bridgehead atoms. The third kappa shape index (κ3) is 3.18. The lowest BCUT2D eigenvalue weighted by atomic mass is 10.1. The SMILES string of the molecule is CN(C)P1CCC(=NC(C)(C)C)C1(N(C)C)N(C)C. The summed E-state index contributed by atoms with van der Waals surface area (Å²) in [6.45, 7) is 6.56. The summed E-state index contributed by atoms with van der Waals surface area (Å²) in [6, 6.07) is 0. The van der Waals surface area contributed by atoms with Crippen LogP contribution in [0.1, 0.15) is 27.2 Å². The van der Waals surface area contributed by atoms with E-state index in [0.29, 0.717) is 0 Å². The summed E-state index contributed by atoms with van der Waals surface area (Å²) in [5, 5.41) is -0.0356. The van der Waals surface area contributed by atoms with Crippen molar-refractivity contribution < 1.29 is 0 Å². The Labute approximate surface area is 120 Å². The molecule has 1 unspecified atom stereocenters. The van der Waals surface area contributed by atoms with E-state index in [0.717, 1.165) is 6.42 Å². The molecule has 1 aliphatic rings. The molecule has 1 aliphatic heterocycles. The zero-order valence-electron chi connectivity index (χ0n) is 14.2. The molecule has 0 aromatic rings. The van der Waals surface area contributed by atoms with Crippen molar-refractivity contribution >= 4 is 13.8 Å². The summed E-state index contributed by atoms with van der Waals surface area (Å²) >= 11 is 0. The van der Waals surface area contributed by atoms with Gasteiger partial charge in [0, 0.05) is 8.07 Å². The molecule has 0 spiro atoms. The molecule has 19 heavy (non-hydrogen) atoms. The van der Waals surface area contributed by atoms with Crippen LogP contribution in [0.15, 0.2) is 4.99 Å². The highest BCUT2D eigenvalue weighted by molar-refractivity contribution is 7.58. The van der Waals surface area contributed by atoms with Crippen LogP contribution in [-0.2, 0) is 0 Å². The van der Waals surface area contributed by atoms with Crippen LogP contribution in [0.25, 0.3) is 0 Å². The molecule has 1 rings (SSSR count). The van der Waals surface area contributed by atoms with Crippen LogP contribution in [0.2, 0.25) is 0 Å². The molecule has 112 valence electrons. The van der Waals surface area contributed by atoms with Crippen LogP contribution < -0.4 is 0 Å². The minimum atomic E-state index is -0.269. The molecule has 1 fully saturated rings. The van der Waals surface area contributed by atoms with Gasteiger partial charge >= 0.3 is 0 Å². The highest BCUT2D eigenvalue weighted by Crippen LogP contribution is 2.59. The van der Waals surface area contributed by atoms with Crippen LogP contribution in [0, 0.1) is 0 Å². The number of aliphatic imine (C=N–C) groups is 1. The minimum absolute atomic E-state index is 0.00966. The maximum atomic E-state index is 5.06. The first-order valence-electron chi connectivity index (χ1n) is 6.92. The standard InChI is InChI=1S/C14H31N4P/c1-13(2,3)15-12-10-11-19(18(8)9)14(12,16(4)5)17(6)7/h10-11H2,1-9H3. The maximum Gasteiger partial charge on any atom is 0.145 e. The van der Waals surface area contributed by atoms with Crippen LogP contribution in [0.3, 0.4) is 0 Å². The number of nitrogens with zero attached hydrogens (tertiary/aromatic N) is 4. The third-order valence-corrected chi connectivity index (χ3v) is 6.90. The van der Waals surface area contributed by atoms with E-state index in [1.165, 1.54) is 11.9 Å². The molecule has 0 saturated carbocycles. The van der Waals surface area contributed by atoms with E-state index in [2.05, 4.69) is 77.5 Å². The molecule has 0 aromatic heterocycles. The lowest BCUT2D eigenvalue weighted by molar-refractivity contribution is 0.148. The van der Waals surface area contributed by atoms with Gasteiger partial charge in [-0.25, -0.2) is 0 Å². The van der Waals surface area contributed by atoms with E-state index in [-0.39, 0.29) is 19.0 Å². The molecule has 1 atom stereocenters. The molecule has 4 nitrogen and oxygen atoms in total. The molecular formula is C14H31N4P. The summed E-state index contributed by atoms with van der Waals surface area (Å²) in [6.07, 6.45) is 2.34. The van der Waals surface area contributed by atoms with E-state index in [1.54, 1.807) is 0 Å². The van der Waals surface area contributed by atoms with Crippen molar-refractivity contribution in [3.63, 3.8) is 0 Å². The second-order valence-electron chi connectivity index (χ2n) is 6.87. The number of hydrogen-bond acceptors (Lipinski definition) is 4. The first-order chi connectivity index (χ1) is 8.53. The van der Waals surface area contributed by atoms with Crippen molar-refractivity contribution in [2.75, 3.05) is 48.4 Å². The van der Waals surface area contributed by atoms with Gasteiger partial charge in [-0.3, -0.25) is 19.5 Å². The molecule has 1 heterocycles. The van der Waals surface area contributed by atoms with Gasteiger partial charge < -0.3 is 0 Å². The van der Waals surface area contributed by atoms with E-state index < -0.39 is 0 Å². The Hall–Kier alpha value is -0.0200. The summed E-state index contributed by atoms with van der Waals surface area (Å²) in [4.78, 5) is 9.77. The molecule has 0 amide bonds. The second-order valence-corrected chi connectivity index (χ2v) is 9.54. The molecule has 0 aliphatic carbocycles. The third-order valence-electron chi connectivity index (χ3n) is 3.51. The zero-order chi connectivity index (χ0) is 15.0. The van der Waals surface area contributed by atoms with Gasteiger partial charge in [0.25, 0.3) is 0 Å². The minimum Gasteiger partial charge on any atom is -0.285 e. The van der Waals surface area contributed by atoms with E-state index in [9.17, 15) is 0 Å². The van der Waals surface area contributed by atoms with Crippen molar-refractivity contribution in [2.24, 2.45) is 4.99 Å². The molecule has 0 aromatic carbocycles. The second kappa shape index (κ2) is 5.77. The van der Waals surface area contributed by atoms with E-state index in [4.69, 9.17) is 4.99 Å². The van der Waals surface area contributed by atoms with Crippen molar-refractivity contribution in [1.82, 2.24) is 14.5 Å². The van der Waals surface area contributed by atoms with Crippen LogP contribution >= 0.6 is 8.07 Å². The quantitative estimate of drug-likeness (QED) is 0.587. The van der Waals surface area contributed by atoms with Gasteiger partial charge in [-0.1, -0.05) is 0 Å². The Balaban J connectivity index is 3.38. The van der Waals surface area contributed by atoms with Crippen molar-refractivity contribution in [3.8, 4) is 0 Å². The molecule has 0 radical (unpaired) electrons. The maximum absolute atomic E-state index is 5.06. The van der Waals surface area contributed by atoms with Crippen molar-refractivity contribution in [2.45, 2.75) is 38.1 Å². The zero-order valence-corrected chi connectivity index (χ0v) is 15.0. The summed E-state index contributed by atoms with van der Waals surface area (Å²) in [5.41, 5.74) is 1.33. The Morgan fingerprint density at radius 2 is 1.47 bits per heavy atom. The van der Waals surface area contributed by atoms with Crippen LogP contribution in [0.5, 0.6) is 0 Å². The van der Waals surface area contributed by atoms with Gasteiger partial charge in [0.1, 0.15) is 5.40 Å². The van der Waals surface area contributed by atoms with E-state index >= 15 is 0 Å². The van der Waals surface area contributed by atoms with Gasteiger partial charge in [-0.15, -0.1) is 0 Å². The van der Waals surface area contributed by atoms with Gasteiger partial charge in [0.2, 0.25) is 0 Å². The highest BCUT2D eigenvalue weighted by Gasteiger charge is 2.53. The van der Waals surface area contributed by atoms with Crippen molar-refractivity contribution in [1.29, 1.82) is 0 Å². The fourth-order valence-corrected chi connectivity index (χ4v) is 6.15. The van der Waals surface area contributed by atoms with Gasteiger partial charge in [-0.2, -0.15) is 0 Å². The largest absolute Gasteiger partial charge is 0.285 e. The van der Waals surface area contributed by atoms with Crippen LogP contribution in [0.4, 0.5) is 0 Å². The Morgan fingerprint density at radius 3 is 1.79 bits per heavy atom. The average molecular weight is 286 g/mol. The van der Waals surface area contributed by atoms with Gasteiger partial charge in [-0.05, 0) is 75.6 Å². The predicted octanol–water partition coefficient (Wildman–Crippen LogP) is 2.37. The van der Waals surface area contributed by atoms with Crippen molar-refractivity contribution in [3.05, 3.63) is 0 Å². The summed E-state index contributed by atoms with van der Waals surface area (Å²) < 4.78 is 2.40. The Kier molecular flexibility index (Phi) is 5.17. The summed E-state index contributed by atoms with van der Waals surface area (Å²) in [5.74, 6) is 0. The molecule has 0 N–H and O–H groups in total. The first-order valence-corrected chi connectivity index (χ1v) is 8.40. The number of hydrogen-bond donors (Lipinski definition) is 0. The molecule has 5 heteroatoms. The average Bonchev–Trinajstić information content (AvgIpc) is 2.54. The Morgan fingerprint density at radius 1 is 1.00 bits per heavy atom. The Bertz CT molecular complexity index is 334.